The minimum atomic E-state index is -0.700. The largest absolute Gasteiger partial charge is 0.322 e. The van der Waals surface area contributed by atoms with E-state index in [2.05, 4.69) is 10.6 Å². The van der Waals surface area contributed by atoms with Crippen molar-refractivity contribution in [3.05, 3.63) is 74.7 Å². The van der Waals surface area contributed by atoms with Gasteiger partial charge in [0.25, 0.3) is 11.6 Å². The number of non-ortho nitro benzene ring substituents is 1. The highest BCUT2D eigenvalue weighted by Gasteiger charge is 2.14. The van der Waals surface area contributed by atoms with Crippen LogP contribution in [0.1, 0.15) is 12.5 Å². The van der Waals surface area contributed by atoms with Crippen LogP contribution in [0.15, 0.2) is 48.2 Å². The molecule has 0 spiro atoms. The molecular formula is C17H13ClFN3O4. The van der Waals surface area contributed by atoms with Gasteiger partial charge in [-0.25, -0.2) is 4.39 Å². The zero-order chi connectivity index (χ0) is 19.3. The number of carbonyl (C=O) groups is 2. The quantitative estimate of drug-likeness (QED) is 0.473. The minimum absolute atomic E-state index is 0.140. The summed E-state index contributed by atoms with van der Waals surface area (Å²) in [6.07, 6.45) is 1.29. The van der Waals surface area contributed by atoms with Crippen LogP contribution in [0.2, 0.25) is 5.02 Å². The van der Waals surface area contributed by atoms with Gasteiger partial charge in [0.15, 0.2) is 0 Å². The summed E-state index contributed by atoms with van der Waals surface area (Å²) in [5.41, 5.74) is 0.261. The van der Waals surface area contributed by atoms with Gasteiger partial charge in [0.05, 0.1) is 9.95 Å². The van der Waals surface area contributed by atoms with Crippen LogP contribution in [-0.4, -0.2) is 16.7 Å². The molecule has 0 unspecified atom stereocenters. The molecule has 0 fully saturated rings. The van der Waals surface area contributed by atoms with Crippen molar-refractivity contribution in [1.82, 2.24) is 5.32 Å². The monoisotopic (exact) mass is 377 g/mol. The van der Waals surface area contributed by atoms with Crippen LogP contribution in [0, 0.1) is 15.9 Å². The van der Waals surface area contributed by atoms with Crippen molar-refractivity contribution in [3.63, 3.8) is 0 Å². The number of nitrogens with one attached hydrogen (secondary N) is 2. The van der Waals surface area contributed by atoms with Gasteiger partial charge in [-0.1, -0.05) is 23.7 Å². The SMILES string of the molecule is CC(=O)N/C(=C\c1cccc([N+](=O)[O-])c1)C(=O)Nc1ccc(F)c(Cl)c1. The Balaban J connectivity index is 2.32. The Morgan fingerprint density at radius 2 is 1.96 bits per heavy atom. The summed E-state index contributed by atoms with van der Waals surface area (Å²) in [5, 5.41) is 15.5. The lowest BCUT2D eigenvalue weighted by Gasteiger charge is -2.10. The van der Waals surface area contributed by atoms with E-state index in [9.17, 15) is 24.1 Å². The Kier molecular flexibility index (Phi) is 6.03. The van der Waals surface area contributed by atoms with E-state index in [4.69, 9.17) is 11.6 Å². The van der Waals surface area contributed by atoms with E-state index in [0.717, 1.165) is 6.07 Å². The first-order chi connectivity index (χ1) is 12.3. The molecule has 7 nitrogen and oxygen atoms in total. The van der Waals surface area contributed by atoms with Crippen LogP contribution in [0.25, 0.3) is 6.08 Å². The normalized spacial score (nSPS) is 11.0. The summed E-state index contributed by atoms with van der Waals surface area (Å²) in [6, 6.07) is 9.15. The van der Waals surface area contributed by atoms with Gasteiger partial charge in [-0.2, -0.15) is 0 Å². The van der Waals surface area contributed by atoms with Crippen molar-refractivity contribution in [3.8, 4) is 0 Å². The number of nitrogens with zero attached hydrogens (tertiary/aromatic N) is 1. The number of halogens is 2. The summed E-state index contributed by atoms with van der Waals surface area (Å²) in [4.78, 5) is 34.0. The molecule has 0 radical (unpaired) electrons. The number of carbonyl (C=O) groups excluding carboxylic acids is 2. The van der Waals surface area contributed by atoms with Crippen molar-refractivity contribution < 1.29 is 18.9 Å². The summed E-state index contributed by atoms with van der Waals surface area (Å²) in [5.74, 6) is -1.85. The van der Waals surface area contributed by atoms with Gasteiger partial charge in [0, 0.05) is 24.7 Å². The predicted octanol–water partition coefficient (Wildman–Crippen LogP) is 3.50. The lowest BCUT2D eigenvalue weighted by atomic mass is 10.1. The Morgan fingerprint density at radius 3 is 2.58 bits per heavy atom. The number of hydrogen-bond donors (Lipinski definition) is 2. The maximum Gasteiger partial charge on any atom is 0.272 e. The lowest BCUT2D eigenvalue weighted by molar-refractivity contribution is -0.384. The maximum atomic E-state index is 13.2. The third-order valence-electron chi connectivity index (χ3n) is 3.12. The second-order valence-electron chi connectivity index (χ2n) is 5.17. The molecule has 2 aromatic carbocycles. The molecule has 9 heteroatoms. The number of nitro benzene ring substituents is 1. The van der Waals surface area contributed by atoms with Gasteiger partial charge in [-0.15, -0.1) is 0 Å². The van der Waals surface area contributed by atoms with Gasteiger partial charge >= 0.3 is 0 Å². The van der Waals surface area contributed by atoms with E-state index < -0.39 is 22.6 Å². The molecule has 2 aromatic rings. The third-order valence-corrected chi connectivity index (χ3v) is 3.41. The second-order valence-corrected chi connectivity index (χ2v) is 5.58. The zero-order valence-electron chi connectivity index (χ0n) is 13.5. The summed E-state index contributed by atoms with van der Waals surface area (Å²) in [7, 11) is 0. The van der Waals surface area contributed by atoms with Crippen molar-refractivity contribution in [2.75, 3.05) is 5.32 Å². The fourth-order valence-corrected chi connectivity index (χ4v) is 2.20. The van der Waals surface area contributed by atoms with Crippen LogP contribution in [0.5, 0.6) is 0 Å². The molecule has 2 amide bonds. The smallest absolute Gasteiger partial charge is 0.272 e. The van der Waals surface area contributed by atoms with Gasteiger partial charge in [-0.05, 0) is 29.8 Å². The molecular weight excluding hydrogens is 365 g/mol. The molecule has 0 saturated carbocycles. The molecule has 0 aliphatic heterocycles. The van der Waals surface area contributed by atoms with Gasteiger partial charge < -0.3 is 10.6 Å². The molecule has 0 heterocycles. The minimum Gasteiger partial charge on any atom is -0.322 e. The highest BCUT2D eigenvalue weighted by atomic mass is 35.5. The molecule has 0 aliphatic carbocycles. The first-order valence-corrected chi connectivity index (χ1v) is 7.64. The number of benzene rings is 2. The van der Waals surface area contributed by atoms with E-state index in [0.29, 0.717) is 5.56 Å². The second kappa shape index (κ2) is 8.21. The fourth-order valence-electron chi connectivity index (χ4n) is 2.02. The number of amides is 2. The molecule has 26 heavy (non-hydrogen) atoms. The van der Waals surface area contributed by atoms with Crippen LogP contribution < -0.4 is 10.6 Å². The highest BCUT2D eigenvalue weighted by Crippen LogP contribution is 2.20. The lowest BCUT2D eigenvalue weighted by Crippen LogP contribution is -2.29. The third kappa shape index (κ3) is 5.12. The van der Waals surface area contributed by atoms with Crippen molar-refractivity contribution in [1.29, 1.82) is 0 Å². The van der Waals surface area contributed by atoms with Crippen molar-refractivity contribution >= 4 is 40.9 Å². The zero-order valence-corrected chi connectivity index (χ0v) is 14.2. The summed E-state index contributed by atoms with van der Waals surface area (Å²) in [6.45, 7) is 1.21. The fraction of sp³-hybridized carbons (Fsp3) is 0.0588. The first-order valence-electron chi connectivity index (χ1n) is 7.26. The number of nitro groups is 1. The van der Waals surface area contributed by atoms with Crippen molar-refractivity contribution in [2.45, 2.75) is 6.92 Å². The molecule has 134 valence electrons. The average Bonchev–Trinajstić information content (AvgIpc) is 2.57. The molecule has 2 rings (SSSR count). The maximum absolute atomic E-state index is 13.2. The number of rotatable bonds is 5. The number of anilines is 1. The van der Waals surface area contributed by atoms with Crippen LogP contribution >= 0.6 is 11.6 Å². The van der Waals surface area contributed by atoms with Crippen LogP contribution in [0.4, 0.5) is 15.8 Å². The first kappa shape index (κ1) is 19.1. The van der Waals surface area contributed by atoms with Crippen LogP contribution in [0.3, 0.4) is 0 Å². The van der Waals surface area contributed by atoms with Crippen LogP contribution in [-0.2, 0) is 9.59 Å². The number of hydrogen-bond acceptors (Lipinski definition) is 4. The molecule has 0 aromatic heterocycles. The topological polar surface area (TPSA) is 101 Å². The predicted molar refractivity (Wildman–Crippen MR) is 94.9 cm³/mol. The van der Waals surface area contributed by atoms with Gasteiger partial charge in [-0.3, -0.25) is 19.7 Å². The Hall–Kier alpha value is -3.26. The highest BCUT2D eigenvalue weighted by molar-refractivity contribution is 6.31. The molecule has 0 atom stereocenters. The standard InChI is InChI=1S/C17H13ClFN3O4/c1-10(23)20-16(8-11-3-2-4-13(7-11)22(25)26)17(24)21-12-5-6-15(19)14(18)9-12/h2-9H,1H3,(H,20,23)(H,21,24)/b16-8-. The van der Waals surface area contributed by atoms with E-state index in [1.54, 1.807) is 0 Å². The average molecular weight is 378 g/mol. The summed E-state index contributed by atoms with van der Waals surface area (Å²) < 4.78 is 13.2. The Labute approximate surface area is 152 Å². The van der Waals surface area contributed by atoms with E-state index in [-0.39, 0.29) is 22.1 Å². The van der Waals surface area contributed by atoms with E-state index >= 15 is 0 Å². The molecule has 0 bridgehead atoms. The summed E-state index contributed by atoms with van der Waals surface area (Å²) >= 11 is 5.66. The van der Waals surface area contributed by atoms with E-state index in [1.807, 2.05) is 0 Å². The van der Waals surface area contributed by atoms with Gasteiger partial charge in [0.2, 0.25) is 5.91 Å². The molecule has 0 saturated heterocycles. The Morgan fingerprint density at radius 1 is 1.23 bits per heavy atom. The van der Waals surface area contributed by atoms with Crippen molar-refractivity contribution in [2.24, 2.45) is 0 Å². The Bertz CT molecular complexity index is 915. The molecule has 2 N–H and O–H groups in total. The molecule has 0 aliphatic rings. The van der Waals surface area contributed by atoms with Gasteiger partial charge in [0.1, 0.15) is 11.5 Å². The van der Waals surface area contributed by atoms with E-state index in [1.165, 1.54) is 49.4 Å².